The van der Waals surface area contributed by atoms with Crippen molar-refractivity contribution in [3.63, 3.8) is 0 Å². The Morgan fingerprint density at radius 1 is 1.72 bits per heavy atom. The number of thiazole rings is 1. The van der Waals surface area contributed by atoms with Crippen molar-refractivity contribution in [2.24, 2.45) is 0 Å². The second kappa shape index (κ2) is 6.01. The normalized spacial score (nSPS) is 23.3. The van der Waals surface area contributed by atoms with Crippen molar-refractivity contribution >= 4 is 29.0 Å². The molecule has 1 amide bonds. The number of aliphatic hydroxyl groups excluding tert-OH is 1. The molecule has 1 aromatic heterocycles. The highest BCUT2D eigenvalue weighted by Crippen LogP contribution is 2.22. The molecule has 18 heavy (non-hydrogen) atoms. The lowest BCUT2D eigenvalue weighted by Crippen LogP contribution is -2.46. The van der Waals surface area contributed by atoms with Crippen molar-refractivity contribution in [3.8, 4) is 0 Å². The smallest absolute Gasteiger partial charge is 0.273 e. The van der Waals surface area contributed by atoms with Gasteiger partial charge in [0.05, 0.1) is 25.4 Å². The molecule has 0 bridgehead atoms. The third-order valence-electron chi connectivity index (χ3n) is 2.90. The summed E-state index contributed by atoms with van der Waals surface area (Å²) in [7, 11) is 0. The molecule has 1 N–H and O–H groups in total. The van der Waals surface area contributed by atoms with Crippen LogP contribution in [0.4, 0.5) is 0 Å². The summed E-state index contributed by atoms with van der Waals surface area (Å²) in [5.74, 6) is -0.136. The lowest BCUT2D eigenvalue weighted by molar-refractivity contribution is 0.0515. The number of rotatable bonds is 4. The summed E-state index contributed by atoms with van der Waals surface area (Å²) in [6, 6.07) is -0.262. The molecule has 2 rings (SSSR count). The molecule has 0 aromatic carbocycles. The molecule has 2 atom stereocenters. The van der Waals surface area contributed by atoms with Crippen LogP contribution >= 0.6 is 23.1 Å². The predicted octanol–water partition coefficient (Wildman–Crippen LogP) is 1.09. The van der Waals surface area contributed by atoms with E-state index in [0.717, 1.165) is 4.34 Å². The Balaban J connectivity index is 2.14. The number of ether oxygens (including phenoxy) is 1. The van der Waals surface area contributed by atoms with E-state index in [4.69, 9.17) is 4.74 Å². The number of aromatic nitrogens is 1. The van der Waals surface area contributed by atoms with Crippen molar-refractivity contribution in [1.29, 1.82) is 0 Å². The topological polar surface area (TPSA) is 62.7 Å². The molecule has 2 heterocycles. The third-order valence-corrected chi connectivity index (χ3v) is 4.76. The van der Waals surface area contributed by atoms with Gasteiger partial charge in [-0.2, -0.15) is 0 Å². The van der Waals surface area contributed by atoms with Gasteiger partial charge in [-0.1, -0.05) is 11.8 Å². The van der Waals surface area contributed by atoms with E-state index in [1.807, 2.05) is 13.2 Å². The Morgan fingerprint density at radius 3 is 3.00 bits per heavy atom. The number of thioether (sulfide) groups is 1. The maximum Gasteiger partial charge on any atom is 0.273 e. The van der Waals surface area contributed by atoms with Crippen LogP contribution in [-0.2, 0) is 4.74 Å². The van der Waals surface area contributed by atoms with Gasteiger partial charge in [0.15, 0.2) is 0 Å². The second-order valence-electron chi connectivity index (χ2n) is 3.97. The van der Waals surface area contributed by atoms with Gasteiger partial charge in [0.2, 0.25) is 0 Å². The summed E-state index contributed by atoms with van der Waals surface area (Å²) >= 11 is 2.98. The van der Waals surface area contributed by atoms with Gasteiger partial charge in [0.1, 0.15) is 10.0 Å². The first-order chi connectivity index (χ1) is 8.67. The third kappa shape index (κ3) is 2.69. The Labute approximate surface area is 114 Å². The number of hydrogen-bond acceptors (Lipinski definition) is 6. The fraction of sp³-hybridized carbons (Fsp3) is 0.636. The molecule has 0 saturated carbocycles. The molecule has 1 aliphatic rings. The largest absolute Gasteiger partial charge is 0.388 e. The molecule has 1 fully saturated rings. The number of amides is 1. The highest BCUT2D eigenvalue weighted by atomic mass is 32.2. The van der Waals surface area contributed by atoms with E-state index < -0.39 is 6.10 Å². The maximum absolute atomic E-state index is 12.3. The molecule has 0 aliphatic carbocycles. The van der Waals surface area contributed by atoms with E-state index in [1.165, 1.54) is 23.1 Å². The minimum atomic E-state index is -0.604. The summed E-state index contributed by atoms with van der Waals surface area (Å²) in [5, 5.41) is 11.6. The molecule has 0 radical (unpaired) electrons. The van der Waals surface area contributed by atoms with Gasteiger partial charge in [-0.15, -0.1) is 11.3 Å². The van der Waals surface area contributed by atoms with Crippen LogP contribution in [0.3, 0.4) is 0 Å². The molecule has 1 aromatic rings. The van der Waals surface area contributed by atoms with Crippen molar-refractivity contribution in [2.75, 3.05) is 26.0 Å². The summed E-state index contributed by atoms with van der Waals surface area (Å²) in [4.78, 5) is 18.2. The summed E-state index contributed by atoms with van der Waals surface area (Å²) in [6.45, 7) is 3.11. The average molecular weight is 288 g/mol. The first-order valence-corrected chi connectivity index (χ1v) is 7.84. The number of hydrogen-bond donors (Lipinski definition) is 1. The van der Waals surface area contributed by atoms with E-state index in [1.54, 1.807) is 10.3 Å². The standard InChI is InChI=1S/C11H16N2O3S2/c1-3-13(8-4-16-5-9(8)14)10(15)7-6-18-11(12-7)17-2/h6,8-9,14H,3-5H2,1-2H3/t8-,9-/m0/s1. The van der Waals surface area contributed by atoms with Crippen LogP contribution in [0.1, 0.15) is 17.4 Å². The van der Waals surface area contributed by atoms with Gasteiger partial charge in [-0.3, -0.25) is 4.79 Å². The monoisotopic (exact) mass is 288 g/mol. The van der Waals surface area contributed by atoms with E-state index in [-0.39, 0.29) is 11.9 Å². The van der Waals surface area contributed by atoms with Crippen molar-refractivity contribution in [3.05, 3.63) is 11.1 Å². The zero-order valence-electron chi connectivity index (χ0n) is 10.3. The van der Waals surface area contributed by atoms with Crippen molar-refractivity contribution in [1.82, 2.24) is 9.88 Å². The number of likely N-dealkylation sites (N-methyl/N-ethyl adjacent to an activating group) is 1. The van der Waals surface area contributed by atoms with Gasteiger partial charge in [0, 0.05) is 11.9 Å². The number of nitrogens with zero attached hydrogens (tertiary/aromatic N) is 2. The fourth-order valence-corrected chi connectivity index (χ4v) is 3.19. The van der Waals surface area contributed by atoms with Crippen molar-refractivity contribution in [2.45, 2.75) is 23.4 Å². The van der Waals surface area contributed by atoms with Crippen LogP contribution in [0, 0.1) is 0 Å². The van der Waals surface area contributed by atoms with Crippen LogP contribution in [0.5, 0.6) is 0 Å². The van der Waals surface area contributed by atoms with Gasteiger partial charge in [-0.25, -0.2) is 4.98 Å². The molecular weight excluding hydrogens is 272 g/mol. The summed E-state index contributed by atoms with van der Waals surface area (Å²) in [5.41, 5.74) is 0.449. The van der Waals surface area contributed by atoms with Crippen LogP contribution in [0.15, 0.2) is 9.72 Å². The Hall–Kier alpha value is -0.630. The van der Waals surface area contributed by atoms with Crippen molar-refractivity contribution < 1.29 is 14.6 Å². The Kier molecular flexibility index (Phi) is 4.60. The highest BCUT2D eigenvalue weighted by molar-refractivity contribution is 8.00. The lowest BCUT2D eigenvalue weighted by Gasteiger charge is -2.28. The van der Waals surface area contributed by atoms with E-state index in [2.05, 4.69) is 4.98 Å². The van der Waals surface area contributed by atoms with E-state index in [0.29, 0.717) is 25.5 Å². The van der Waals surface area contributed by atoms with Gasteiger partial charge in [-0.05, 0) is 13.2 Å². The highest BCUT2D eigenvalue weighted by Gasteiger charge is 2.34. The molecule has 1 saturated heterocycles. The maximum atomic E-state index is 12.3. The number of carbonyl (C=O) groups is 1. The molecule has 7 heteroatoms. The minimum absolute atomic E-state index is 0.136. The predicted molar refractivity (Wildman–Crippen MR) is 71.2 cm³/mol. The van der Waals surface area contributed by atoms with Gasteiger partial charge in [0.25, 0.3) is 5.91 Å². The zero-order chi connectivity index (χ0) is 13.1. The molecule has 1 aliphatic heterocycles. The number of aliphatic hydroxyl groups is 1. The summed E-state index contributed by atoms with van der Waals surface area (Å²) < 4.78 is 6.07. The number of carbonyl (C=O) groups excluding carboxylic acids is 1. The van der Waals surface area contributed by atoms with Crippen LogP contribution in [-0.4, -0.2) is 59.1 Å². The van der Waals surface area contributed by atoms with Crippen LogP contribution < -0.4 is 0 Å². The fourth-order valence-electron chi connectivity index (χ4n) is 1.95. The first kappa shape index (κ1) is 13.8. The average Bonchev–Trinajstić information content (AvgIpc) is 2.99. The molecular formula is C11H16N2O3S2. The van der Waals surface area contributed by atoms with E-state index in [9.17, 15) is 9.90 Å². The lowest BCUT2D eigenvalue weighted by atomic mass is 10.1. The zero-order valence-corrected chi connectivity index (χ0v) is 12.0. The van der Waals surface area contributed by atoms with Gasteiger partial charge < -0.3 is 14.7 Å². The van der Waals surface area contributed by atoms with Crippen LogP contribution in [0.2, 0.25) is 0 Å². The SMILES string of the molecule is CCN(C(=O)c1csc(SC)n1)[C@H]1COC[C@@H]1O. The molecule has 0 unspecified atom stereocenters. The molecule has 0 spiro atoms. The first-order valence-electron chi connectivity index (χ1n) is 5.73. The van der Waals surface area contributed by atoms with Crippen LogP contribution in [0.25, 0.3) is 0 Å². The minimum Gasteiger partial charge on any atom is -0.388 e. The second-order valence-corrected chi connectivity index (χ2v) is 5.88. The quantitative estimate of drug-likeness (QED) is 0.840. The van der Waals surface area contributed by atoms with Gasteiger partial charge >= 0.3 is 0 Å². The summed E-state index contributed by atoms with van der Waals surface area (Å²) in [6.07, 6.45) is 1.33. The molecule has 5 nitrogen and oxygen atoms in total. The van der Waals surface area contributed by atoms with E-state index >= 15 is 0 Å². The molecule has 100 valence electrons. The Bertz CT molecular complexity index is 424. The Morgan fingerprint density at radius 2 is 2.50 bits per heavy atom.